The average molecular weight is 314 g/mol. The van der Waals surface area contributed by atoms with E-state index in [1.807, 2.05) is 13.8 Å². The van der Waals surface area contributed by atoms with Crippen molar-refractivity contribution in [1.29, 1.82) is 0 Å². The lowest BCUT2D eigenvalue weighted by atomic mass is 10.1. The van der Waals surface area contributed by atoms with Gasteiger partial charge in [0.2, 0.25) is 0 Å². The molecule has 0 aliphatic carbocycles. The molecule has 2 rings (SSSR count). The van der Waals surface area contributed by atoms with Crippen LogP contribution in [-0.2, 0) is 0 Å². The third-order valence-electron chi connectivity index (χ3n) is 2.62. The maximum absolute atomic E-state index is 13.4. The van der Waals surface area contributed by atoms with Gasteiger partial charge in [0.15, 0.2) is 5.82 Å². The Morgan fingerprint density at radius 2 is 2.11 bits per heavy atom. The molecule has 0 spiro atoms. The number of nitrogens with two attached hydrogens (primary N) is 1. The van der Waals surface area contributed by atoms with E-state index < -0.39 is 0 Å². The highest BCUT2D eigenvalue weighted by Gasteiger charge is 2.18. The number of hydrogen-bond acceptors (Lipinski definition) is 4. The van der Waals surface area contributed by atoms with E-state index in [1.54, 1.807) is 12.1 Å². The summed E-state index contributed by atoms with van der Waals surface area (Å²) in [6, 6.07) is 4.34. The lowest BCUT2D eigenvalue weighted by Gasteiger charge is -2.09. The van der Waals surface area contributed by atoms with Crippen LogP contribution in [0, 0.1) is 11.7 Å². The van der Waals surface area contributed by atoms with Gasteiger partial charge in [0.1, 0.15) is 5.82 Å². The number of nitrogens with zero attached hydrogens (tertiary/aromatic N) is 2. The minimum Gasteiger partial charge on any atom is -0.334 e. The Bertz CT molecular complexity index is 556. The Kier molecular flexibility index (Phi) is 3.77. The molecule has 4 nitrogen and oxygen atoms in total. The smallest absolute Gasteiger partial charge is 0.258 e. The minimum absolute atomic E-state index is 0.206. The third kappa shape index (κ3) is 2.59. The van der Waals surface area contributed by atoms with Crippen molar-refractivity contribution in [3.63, 3.8) is 0 Å². The molecule has 1 atom stereocenters. The van der Waals surface area contributed by atoms with Gasteiger partial charge in [-0.2, -0.15) is 4.98 Å². The first-order chi connectivity index (χ1) is 8.49. The SMILES string of the molecule is CC(C)C(N)c1noc(-c2ccc(Br)c(F)c2)n1. The molecule has 0 aliphatic heterocycles. The molecule has 0 saturated carbocycles. The fourth-order valence-corrected chi connectivity index (χ4v) is 1.66. The van der Waals surface area contributed by atoms with Crippen LogP contribution in [0.1, 0.15) is 25.7 Å². The van der Waals surface area contributed by atoms with E-state index in [4.69, 9.17) is 10.3 Å². The highest BCUT2D eigenvalue weighted by molar-refractivity contribution is 9.10. The van der Waals surface area contributed by atoms with E-state index in [-0.39, 0.29) is 23.7 Å². The van der Waals surface area contributed by atoms with Gasteiger partial charge in [-0.15, -0.1) is 0 Å². The van der Waals surface area contributed by atoms with Crippen molar-refractivity contribution in [3.05, 3.63) is 34.3 Å². The number of rotatable bonds is 3. The van der Waals surface area contributed by atoms with Crippen molar-refractivity contribution in [1.82, 2.24) is 10.1 Å². The molecule has 1 aromatic carbocycles. The lowest BCUT2D eigenvalue weighted by Crippen LogP contribution is -2.18. The molecular weight excluding hydrogens is 301 g/mol. The predicted molar refractivity (Wildman–Crippen MR) is 69.2 cm³/mol. The van der Waals surface area contributed by atoms with Gasteiger partial charge < -0.3 is 10.3 Å². The van der Waals surface area contributed by atoms with Crippen molar-refractivity contribution >= 4 is 15.9 Å². The van der Waals surface area contributed by atoms with Gasteiger partial charge >= 0.3 is 0 Å². The van der Waals surface area contributed by atoms with Crippen molar-refractivity contribution in [2.75, 3.05) is 0 Å². The van der Waals surface area contributed by atoms with E-state index in [9.17, 15) is 4.39 Å². The second-order valence-electron chi connectivity index (χ2n) is 4.36. The quantitative estimate of drug-likeness (QED) is 0.944. The molecule has 18 heavy (non-hydrogen) atoms. The van der Waals surface area contributed by atoms with Crippen molar-refractivity contribution in [2.45, 2.75) is 19.9 Å². The van der Waals surface area contributed by atoms with Crippen LogP contribution in [0.2, 0.25) is 0 Å². The Morgan fingerprint density at radius 3 is 2.72 bits per heavy atom. The lowest BCUT2D eigenvalue weighted by molar-refractivity contribution is 0.400. The first-order valence-electron chi connectivity index (χ1n) is 5.53. The number of aromatic nitrogens is 2. The van der Waals surface area contributed by atoms with Crippen LogP contribution < -0.4 is 5.73 Å². The highest BCUT2D eigenvalue weighted by atomic mass is 79.9. The second kappa shape index (κ2) is 5.16. The van der Waals surface area contributed by atoms with Crippen LogP contribution >= 0.6 is 15.9 Å². The molecule has 1 heterocycles. The Morgan fingerprint density at radius 1 is 1.39 bits per heavy atom. The molecule has 1 aromatic heterocycles. The zero-order valence-electron chi connectivity index (χ0n) is 10.0. The number of halogens is 2. The molecule has 0 radical (unpaired) electrons. The Labute approximate surface area is 113 Å². The van der Waals surface area contributed by atoms with E-state index in [0.29, 0.717) is 15.9 Å². The first kappa shape index (κ1) is 13.2. The molecular formula is C12H13BrFN3O. The van der Waals surface area contributed by atoms with Crippen molar-refractivity contribution in [3.8, 4) is 11.5 Å². The zero-order valence-corrected chi connectivity index (χ0v) is 11.6. The summed E-state index contributed by atoms with van der Waals surface area (Å²) < 4.78 is 18.9. The van der Waals surface area contributed by atoms with Crippen molar-refractivity contribution < 1.29 is 8.91 Å². The standard InChI is InChI=1S/C12H13BrFN3O/c1-6(2)10(15)11-16-12(18-17-11)7-3-4-8(13)9(14)5-7/h3-6,10H,15H2,1-2H3. The summed E-state index contributed by atoms with van der Waals surface area (Å²) in [5.74, 6) is 0.535. The topological polar surface area (TPSA) is 64.9 Å². The summed E-state index contributed by atoms with van der Waals surface area (Å²) in [6.45, 7) is 3.94. The molecule has 0 aliphatic rings. The van der Waals surface area contributed by atoms with Crippen LogP contribution in [0.15, 0.2) is 27.2 Å². The summed E-state index contributed by atoms with van der Waals surface area (Å²) in [5.41, 5.74) is 6.45. The third-order valence-corrected chi connectivity index (χ3v) is 3.27. The summed E-state index contributed by atoms with van der Waals surface area (Å²) in [7, 11) is 0. The largest absolute Gasteiger partial charge is 0.334 e. The van der Waals surface area contributed by atoms with Gasteiger partial charge in [-0.25, -0.2) is 4.39 Å². The van der Waals surface area contributed by atoms with Gasteiger partial charge in [0.05, 0.1) is 10.5 Å². The average Bonchev–Trinajstić information content (AvgIpc) is 2.81. The second-order valence-corrected chi connectivity index (χ2v) is 5.21. The van der Waals surface area contributed by atoms with Gasteiger partial charge in [0, 0.05) is 5.56 Å². The van der Waals surface area contributed by atoms with E-state index in [2.05, 4.69) is 26.1 Å². The van der Waals surface area contributed by atoms with Gasteiger partial charge in [-0.05, 0) is 40.0 Å². The summed E-state index contributed by atoms with van der Waals surface area (Å²) >= 11 is 3.09. The molecule has 6 heteroatoms. The summed E-state index contributed by atoms with van der Waals surface area (Å²) in [5, 5.41) is 3.82. The monoisotopic (exact) mass is 313 g/mol. The fraction of sp³-hybridized carbons (Fsp3) is 0.333. The maximum Gasteiger partial charge on any atom is 0.258 e. The maximum atomic E-state index is 13.4. The molecule has 0 bridgehead atoms. The van der Waals surface area contributed by atoms with Crippen LogP contribution in [0.3, 0.4) is 0 Å². The van der Waals surface area contributed by atoms with Crippen LogP contribution in [0.5, 0.6) is 0 Å². The summed E-state index contributed by atoms with van der Waals surface area (Å²) in [4.78, 5) is 4.19. The van der Waals surface area contributed by atoms with Crippen LogP contribution in [0.4, 0.5) is 4.39 Å². The summed E-state index contributed by atoms with van der Waals surface area (Å²) in [6.07, 6.45) is 0. The zero-order chi connectivity index (χ0) is 13.3. The van der Waals surface area contributed by atoms with E-state index in [0.717, 1.165) is 0 Å². The minimum atomic E-state index is -0.375. The molecule has 2 aromatic rings. The predicted octanol–water partition coefficient (Wildman–Crippen LogP) is 3.29. The van der Waals surface area contributed by atoms with Crippen LogP contribution in [-0.4, -0.2) is 10.1 Å². The van der Waals surface area contributed by atoms with E-state index >= 15 is 0 Å². The van der Waals surface area contributed by atoms with Gasteiger partial charge in [0.25, 0.3) is 5.89 Å². The van der Waals surface area contributed by atoms with E-state index in [1.165, 1.54) is 6.07 Å². The molecule has 96 valence electrons. The first-order valence-corrected chi connectivity index (χ1v) is 6.33. The van der Waals surface area contributed by atoms with Gasteiger partial charge in [-0.1, -0.05) is 19.0 Å². The Hall–Kier alpha value is -1.27. The molecule has 0 fully saturated rings. The van der Waals surface area contributed by atoms with Gasteiger partial charge in [-0.3, -0.25) is 0 Å². The molecule has 0 saturated heterocycles. The Balaban J connectivity index is 2.32. The fourth-order valence-electron chi connectivity index (χ4n) is 1.41. The normalized spacial score (nSPS) is 13.0. The highest BCUT2D eigenvalue weighted by Crippen LogP contribution is 2.25. The number of benzene rings is 1. The van der Waals surface area contributed by atoms with Crippen molar-refractivity contribution in [2.24, 2.45) is 11.7 Å². The molecule has 1 unspecified atom stereocenters. The molecule has 0 amide bonds. The van der Waals surface area contributed by atoms with Crippen LogP contribution in [0.25, 0.3) is 11.5 Å². The molecule has 2 N–H and O–H groups in total. The number of hydrogen-bond donors (Lipinski definition) is 1.